The Labute approximate surface area is 185 Å². The van der Waals surface area contributed by atoms with Gasteiger partial charge in [-0.15, -0.1) is 0 Å². The van der Waals surface area contributed by atoms with Crippen LogP contribution < -0.4 is 10.1 Å². The number of para-hydroxylation sites is 1. The van der Waals surface area contributed by atoms with Crippen molar-refractivity contribution in [3.05, 3.63) is 65.5 Å². The lowest BCUT2D eigenvalue weighted by molar-refractivity contribution is -0.118. The molecule has 2 aromatic carbocycles. The first-order valence-corrected chi connectivity index (χ1v) is 11.4. The Hall–Kier alpha value is -3.06. The summed E-state index contributed by atoms with van der Waals surface area (Å²) in [6, 6.07) is 15.4. The summed E-state index contributed by atoms with van der Waals surface area (Å²) in [5, 5.41) is 3.29. The van der Waals surface area contributed by atoms with Gasteiger partial charge in [0.1, 0.15) is 5.75 Å². The Balaban J connectivity index is 1.44. The lowest BCUT2D eigenvalue weighted by atomic mass is 10.0. The van der Waals surface area contributed by atoms with Gasteiger partial charge in [0.15, 0.2) is 17.5 Å². The van der Waals surface area contributed by atoms with Gasteiger partial charge >= 0.3 is 0 Å². The second-order valence-electron chi connectivity index (χ2n) is 7.84. The number of rotatable bonds is 5. The first-order chi connectivity index (χ1) is 15.1. The van der Waals surface area contributed by atoms with Gasteiger partial charge in [0, 0.05) is 16.9 Å². The van der Waals surface area contributed by atoms with Crippen molar-refractivity contribution in [3.63, 3.8) is 0 Å². The van der Waals surface area contributed by atoms with Crippen LogP contribution >= 0.6 is 11.8 Å². The number of anilines is 1. The van der Waals surface area contributed by atoms with Crippen LogP contribution in [0.1, 0.15) is 41.5 Å². The van der Waals surface area contributed by atoms with E-state index in [0.29, 0.717) is 17.0 Å². The third-order valence-electron chi connectivity index (χ3n) is 5.66. The zero-order chi connectivity index (χ0) is 21.4. The third-order valence-corrected chi connectivity index (χ3v) is 6.72. The molecule has 0 spiro atoms. The number of ether oxygens (including phenoxy) is 1. The summed E-state index contributed by atoms with van der Waals surface area (Å²) in [6.07, 6.45) is 4.30. The average molecular weight is 434 g/mol. The normalized spacial score (nSPS) is 16.0. The summed E-state index contributed by atoms with van der Waals surface area (Å²) >= 11 is 1.48. The molecule has 1 amide bonds. The molecule has 158 valence electrons. The van der Waals surface area contributed by atoms with Crippen LogP contribution in [0.15, 0.2) is 53.7 Å². The number of Topliss-reactive ketones (excluding diaryl/α,β-unsaturated/α-hetero) is 1. The fraction of sp³-hybridized carbons (Fsp3) is 0.292. The number of thioether (sulfide) groups is 1. The highest BCUT2D eigenvalue weighted by Gasteiger charge is 2.26. The quantitative estimate of drug-likeness (QED) is 0.476. The molecule has 3 aromatic rings. The summed E-state index contributed by atoms with van der Waals surface area (Å²) in [4.78, 5) is 29.7. The van der Waals surface area contributed by atoms with E-state index >= 15 is 0 Å². The van der Waals surface area contributed by atoms with Crippen molar-refractivity contribution >= 4 is 29.1 Å². The molecule has 1 unspecified atom stereocenters. The van der Waals surface area contributed by atoms with E-state index in [1.54, 1.807) is 18.2 Å². The maximum atomic E-state index is 13.2. The van der Waals surface area contributed by atoms with Crippen molar-refractivity contribution in [1.29, 1.82) is 0 Å². The van der Waals surface area contributed by atoms with E-state index in [1.807, 2.05) is 25.1 Å². The molecule has 1 N–H and O–H groups in total. The number of nitrogens with one attached hydrogen (secondary N) is 1. The fourth-order valence-corrected chi connectivity index (χ4v) is 5.16. The van der Waals surface area contributed by atoms with Crippen LogP contribution in [0.3, 0.4) is 0 Å². The SMILES string of the molecule is CC(Sc1nc2c(n1-c1ccccc1)CCCC2)C(=O)c1ccc2c(c1)NC(=O)CO2. The van der Waals surface area contributed by atoms with Crippen LogP contribution in [0.5, 0.6) is 5.75 Å². The smallest absolute Gasteiger partial charge is 0.262 e. The predicted octanol–water partition coefficient (Wildman–Crippen LogP) is 4.45. The second-order valence-corrected chi connectivity index (χ2v) is 9.15. The van der Waals surface area contributed by atoms with Gasteiger partial charge in [0.05, 0.1) is 16.6 Å². The molecule has 0 saturated heterocycles. The molecular weight excluding hydrogens is 410 g/mol. The van der Waals surface area contributed by atoms with E-state index < -0.39 is 0 Å². The lowest BCUT2D eigenvalue weighted by Crippen LogP contribution is -2.25. The molecule has 1 aromatic heterocycles. The van der Waals surface area contributed by atoms with E-state index in [4.69, 9.17) is 9.72 Å². The molecule has 31 heavy (non-hydrogen) atoms. The van der Waals surface area contributed by atoms with Crippen LogP contribution in [-0.2, 0) is 17.6 Å². The van der Waals surface area contributed by atoms with Crippen LogP contribution in [0.2, 0.25) is 0 Å². The number of carbonyl (C=O) groups is 2. The van der Waals surface area contributed by atoms with E-state index in [-0.39, 0.29) is 23.5 Å². The van der Waals surface area contributed by atoms with Gasteiger partial charge in [-0.1, -0.05) is 30.0 Å². The molecule has 0 saturated carbocycles. The van der Waals surface area contributed by atoms with E-state index in [1.165, 1.54) is 17.5 Å². The molecule has 5 rings (SSSR count). The van der Waals surface area contributed by atoms with E-state index in [2.05, 4.69) is 22.0 Å². The molecule has 1 aliphatic carbocycles. The Morgan fingerprint density at radius 1 is 1.16 bits per heavy atom. The zero-order valence-electron chi connectivity index (χ0n) is 17.3. The molecule has 1 aliphatic heterocycles. The number of benzene rings is 2. The summed E-state index contributed by atoms with van der Waals surface area (Å²) in [7, 11) is 0. The van der Waals surface area contributed by atoms with Gasteiger partial charge in [-0.3, -0.25) is 14.2 Å². The van der Waals surface area contributed by atoms with Gasteiger partial charge in [-0.25, -0.2) is 4.98 Å². The number of fused-ring (bicyclic) bond motifs is 2. The third kappa shape index (κ3) is 3.85. The highest BCUT2D eigenvalue weighted by atomic mass is 32.2. The molecule has 2 heterocycles. The number of imidazole rings is 1. The van der Waals surface area contributed by atoms with Gasteiger partial charge in [0.25, 0.3) is 5.91 Å². The first-order valence-electron chi connectivity index (χ1n) is 10.5. The standard InChI is InChI=1S/C24H23N3O3S/c1-15(23(29)16-11-12-21-19(13-16)25-22(28)14-30-21)31-24-26-18-9-5-6-10-20(18)27(24)17-7-3-2-4-8-17/h2-4,7-8,11-13,15H,5-6,9-10,14H2,1H3,(H,25,28). The van der Waals surface area contributed by atoms with Crippen molar-refractivity contribution in [2.24, 2.45) is 0 Å². The Kier molecular flexibility index (Phi) is 5.28. The van der Waals surface area contributed by atoms with Crippen LogP contribution in [0.25, 0.3) is 5.69 Å². The number of nitrogens with zero attached hydrogens (tertiary/aromatic N) is 2. The van der Waals surface area contributed by atoms with Gasteiger partial charge in [0.2, 0.25) is 0 Å². The monoisotopic (exact) mass is 433 g/mol. The van der Waals surface area contributed by atoms with Crippen LogP contribution in [0, 0.1) is 0 Å². The van der Waals surface area contributed by atoms with Gasteiger partial charge in [-0.05, 0) is 62.9 Å². The number of aromatic nitrogens is 2. The van der Waals surface area contributed by atoms with Gasteiger partial charge in [-0.2, -0.15) is 0 Å². The summed E-state index contributed by atoms with van der Waals surface area (Å²) in [6.45, 7) is 1.91. The molecule has 6 nitrogen and oxygen atoms in total. The number of amides is 1. The molecule has 2 aliphatic rings. The minimum Gasteiger partial charge on any atom is -0.482 e. The summed E-state index contributed by atoms with van der Waals surface area (Å²) < 4.78 is 7.61. The van der Waals surface area contributed by atoms with Crippen LogP contribution in [-0.4, -0.2) is 33.1 Å². The molecule has 1 atom stereocenters. The van der Waals surface area contributed by atoms with E-state index in [9.17, 15) is 9.59 Å². The zero-order valence-corrected chi connectivity index (χ0v) is 18.1. The molecule has 0 radical (unpaired) electrons. The Bertz CT molecular complexity index is 1160. The average Bonchev–Trinajstić information content (AvgIpc) is 3.16. The number of aryl methyl sites for hydroxylation is 1. The largest absolute Gasteiger partial charge is 0.482 e. The fourth-order valence-electron chi connectivity index (χ4n) is 4.12. The molecule has 7 heteroatoms. The Morgan fingerprint density at radius 2 is 1.97 bits per heavy atom. The Morgan fingerprint density at radius 3 is 2.81 bits per heavy atom. The summed E-state index contributed by atoms with van der Waals surface area (Å²) in [5.41, 5.74) is 4.57. The minimum absolute atomic E-state index is 0.000636. The minimum atomic E-state index is -0.329. The second kappa shape index (κ2) is 8.23. The van der Waals surface area contributed by atoms with Crippen LogP contribution in [0.4, 0.5) is 5.69 Å². The molecule has 0 fully saturated rings. The topological polar surface area (TPSA) is 73.2 Å². The summed E-state index contributed by atoms with van der Waals surface area (Å²) in [5.74, 6) is 0.368. The maximum absolute atomic E-state index is 13.2. The number of carbonyl (C=O) groups excluding carboxylic acids is 2. The highest BCUT2D eigenvalue weighted by Crippen LogP contribution is 2.34. The van der Waals surface area contributed by atoms with Gasteiger partial charge < -0.3 is 10.1 Å². The van der Waals surface area contributed by atoms with Crippen molar-refractivity contribution in [2.75, 3.05) is 11.9 Å². The van der Waals surface area contributed by atoms with Crippen molar-refractivity contribution < 1.29 is 14.3 Å². The van der Waals surface area contributed by atoms with Crippen molar-refractivity contribution in [1.82, 2.24) is 9.55 Å². The van der Waals surface area contributed by atoms with Crippen molar-refractivity contribution in [2.45, 2.75) is 43.0 Å². The first kappa shape index (κ1) is 19.9. The molecular formula is C24H23N3O3S. The maximum Gasteiger partial charge on any atom is 0.262 e. The van der Waals surface area contributed by atoms with Crippen molar-refractivity contribution in [3.8, 4) is 11.4 Å². The number of ketones is 1. The predicted molar refractivity (Wildman–Crippen MR) is 120 cm³/mol. The molecule has 0 bridgehead atoms. The highest BCUT2D eigenvalue weighted by molar-refractivity contribution is 8.00. The van der Waals surface area contributed by atoms with E-state index in [0.717, 1.165) is 42.2 Å². The number of hydrogen-bond acceptors (Lipinski definition) is 5. The lowest BCUT2D eigenvalue weighted by Gasteiger charge is -2.19. The number of hydrogen-bond donors (Lipinski definition) is 1.